The summed E-state index contributed by atoms with van der Waals surface area (Å²) >= 11 is 0. The molecule has 82 valence electrons. The number of rotatable bonds is 2. The van der Waals surface area contributed by atoms with Crippen LogP contribution in [0.15, 0.2) is 46.0 Å². The highest BCUT2D eigenvalue weighted by Crippen LogP contribution is 2.24. The second-order valence-corrected chi connectivity index (χ2v) is 3.37. The fourth-order valence-corrected chi connectivity index (χ4v) is 1.38. The van der Waals surface area contributed by atoms with E-state index in [1.807, 2.05) is 0 Å². The Kier molecular flexibility index (Phi) is 2.76. The van der Waals surface area contributed by atoms with Gasteiger partial charge in [0.2, 0.25) is 0 Å². The molecule has 0 saturated carbocycles. The molecule has 0 unspecified atom stereocenters. The predicted octanol–water partition coefficient (Wildman–Crippen LogP) is 3.04. The van der Waals surface area contributed by atoms with Crippen molar-refractivity contribution in [3.63, 3.8) is 0 Å². The molecular formula is C11H9FN2O2. The Hall–Kier alpha value is -2.04. The minimum Gasteiger partial charge on any atom is -0.510 e. The average Bonchev–Trinajstić information content (AvgIpc) is 2.58. The second kappa shape index (κ2) is 4.22. The second-order valence-electron chi connectivity index (χ2n) is 3.37. The van der Waals surface area contributed by atoms with Crippen molar-refractivity contribution in [3.8, 4) is 0 Å². The summed E-state index contributed by atoms with van der Waals surface area (Å²) in [6.07, 6.45) is 0.516. The Morgan fingerprint density at radius 2 is 1.94 bits per heavy atom. The average molecular weight is 220 g/mol. The molecule has 0 heterocycles. The third-order valence-corrected chi connectivity index (χ3v) is 2.24. The highest BCUT2D eigenvalue weighted by molar-refractivity contribution is 5.97. The number of azo groups is 1. The van der Waals surface area contributed by atoms with Gasteiger partial charge in [0.15, 0.2) is 17.3 Å². The number of carbonyl (C=O) groups excluding carboxylic acids is 1. The van der Waals surface area contributed by atoms with Crippen LogP contribution in [0.1, 0.15) is 12.8 Å². The summed E-state index contributed by atoms with van der Waals surface area (Å²) in [5.41, 5.74) is -0.0225. The van der Waals surface area contributed by atoms with E-state index in [0.717, 1.165) is 0 Å². The maximum atomic E-state index is 13.1. The molecule has 0 spiro atoms. The van der Waals surface area contributed by atoms with E-state index in [-0.39, 0.29) is 35.8 Å². The van der Waals surface area contributed by atoms with E-state index in [1.165, 1.54) is 18.2 Å². The lowest BCUT2D eigenvalue weighted by Crippen LogP contribution is -1.92. The Labute approximate surface area is 91.1 Å². The van der Waals surface area contributed by atoms with E-state index in [1.54, 1.807) is 6.07 Å². The van der Waals surface area contributed by atoms with Gasteiger partial charge in [0.25, 0.3) is 0 Å². The largest absolute Gasteiger partial charge is 0.510 e. The molecule has 1 aliphatic carbocycles. The van der Waals surface area contributed by atoms with Crippen molar-refractivity contribution >= 4 is 11.5 Å². The normalized spacial score (nSPS) is 16.4. The molecule has 0 radical (unpaired) electrons. The minimum absolute atomic E-state index is 0.0440. The Morgan fingerprint density at radius 3 is 2.56 bits per heavy atom. The third kappa shape index (κ3) is 1.98. The molecule has 0 aliphatic heterocycles. The van der Waals surface area contributed by atoms with Crippen LogP contribution in [0, 0.1) is 5.82 Å². The van der Waals surface area contributed by atoms with Crippen molar-refractivity contribution in [2.24, 2.45) is 10.2 Å². The minimum atomic E-state index is -0.517. The number of ketones is 1. The number of allylic oxidation sites excluding steroid dienone is 2. The van der Waals surface area contributed by atoms with Crippen LogP contribution >= 0.6 is 0 Å². The molecule has 2 rings (SSSR count). The number of nitrogens with zero attached hydrogens (tertiary/aromatic N) is 2. The molecule has 1 aromatic rings. The number of Topliss-reactive ketones (excluding diaryl/α,β-unsaturated/α-hetero) is 1. The van der Waals surface area contributed by atoms with Crippen LogP contribution in [0.5, 0.6) is 0 Å². The van der Waals surface area contributed by atoms with Crippen LogP contribution < -0.4 is 0 Å². The zero-order valence-corrected chi connectivity index (χ0v) is 8.35. The van der Waals surface area contributed by atoms with Gasteiger partial charge < -0.3 is 5.11 Å². The van der Waals surface area contributed by atoms with E-state index in [9.17, 15) is 14.3 Å². The van der Waals surface area contributed by atoms with Crippen molar-refractivity contribution in [3.05, 3.63) is 41.5 Å². The lowest BCUT2D eigenvalue weighted by atomic mass is 10.3. The van der Waals surface area contributed by atoms with Crippen molar-refractivity contribution in [2.45, 2.75) is 12.8 Å². The molecule has 0 bridgehead atoms. The van der Waals surface area contributed by atoms with Crippen molar-refractivity contribution in [1.29, 1.82) is 0 Å². The van der Waals surface area contributed by atoms with E-state index < -0.39 is 5.82 Å². The van der Waals surface area contributed by atoms with Gasteiger partial charge in [-0.05, 0) is 12.1 Å². The molecule has 5 heteroatoms. The van der Waals surface area contributed by atoms with Crippen LogP contribution in [-0.2, 0) is 4.79 Å². The van der Waals surface area contributed by atoms with Gasteiger partial charge in [-0.15, -0.1) is 10.2 Å². The molecule has 0 fully saturated rings. The fourth-order valence-electron chi connectivity index (χ4n) is 1.38. The summed E-state index contributed by atoms with van der Waals surface area (Å²) in [6.45, 7) is 0. The highest BCUT2D eigenvalue weighted by Gasteiger charge is 2.22. The first-order chi connectivity index (χ1) is 7.68. The maximum Gasteiger partial charge on any atom is 0.186 e. The first-order valence-corrected chi connectivity index (χ1v) is 4.80. The van der Waals surface area contributed by atoms with Crippen LogP contribution in [0.25, 0.3) is 0 Å². The number of halogens is 1. The Morgan fingerprint density at radius 1 is 1.19 bits per heavy atom. The van der Waals surface area contributed by atoms with Gasteiger partial charge in [-0.2, -0.15) is 0 Å². The molecular weight excluding hydrogens is 211 g/mol. The van der Waals surface area contributed by atoms with Crippen LogP contribution in [0.3, 0.4) is 0 Å². The number of benzene rings is 1. The van der Waals surface area contributed by atoms with E-state index in [2.05, 4.69) is 10.2 Å². The van der Waals surface area contributed by atoms with Gasteiger partial charge >= 0.3 is 0 Å². The van der Waals surface area contributed by atoms with Crippen molar-refractivity contribution in [1.82, 2.24) is 0 Å². The summed E-state index contributed by atoms with van der Waals surface area (Å²) in [4.78, 5) is 11.2. The van der Waals surface area contributed by atoms with Gasteiger partial charge in [-0.1, -0.05) is 12.1 Å². The molecule has 0 saturated heterocycles. The first kappa shape index (κ1) is 10.5. The van der Waals surface area contributed by atoms with Gasteiger partial charge in [0.05, 0.1) is 0 Å². The van der Waals surface area contributed by atoms with E-state index >= 15 is 0 Å². The number of aliphatic hydroxyl groups is 1. The third-order valence-electron chi connectivity index (χ3n) is 2.24. The van der Waals surface area contributed by atoms with E-state index in [4.69, 9.17) is 0 Å². The Balaban J connectivity index is 2.25. The van der Waals surface area contributed by atoms with Crippen LogP contribution in [-0.4, -0.2) is 10.9 Å². The van der Waals surface area contributed by atoms with Gasteiger partial charge in [0.1, 0.15) is 11.4 Å². The topological polar surface area (TPSA) is 62.0 Å². The SMILES string of the molecule is O=C1CCC(O)=C1N=Nc1ccccc1F. The Bertz CT molecular complexity index is 495. The van der Waals surface area contributed by atoms with Gasteiger partial charge in [-0.3, -0.25) is 4.79 Å². The standard InChI is InChI=1S/C11H9FN2O2/c12-7-3-1-2-4-8(7)13-14-11-9(15)5-6-10(11)16/h1-4,15H,5-6H2. The summed E-state index contributed by atoms with van der Waals surface area (Å²) in [5, 5.41) is 16.5. The summed E-state index contributed by atoms with van der Waals surface area (Å²) < 4.78 is 13.1. The van der Waals surface area contributed by atoms with Gasteiger partial charge in [-0.25, -0.2) is 4.39 Å². The predicted molar refractivity (Wildman–Crippen MR) is 54.8 cm³/mol. The van der Waals surface area contributed by atoms with Crippen molar-refractivity contribution in [2.75, 3.05) is 0 Å². The molecule has 1 N–H and O–H groups in total. The molecule has 16 heavy (non-hydrogen) atoms. The van der Waals surface area contributed by atoms with E-state index in [0.29, 0.717) is 0 Å². The van der Waals surface area contributed by atoms with Crippen LogP contribution in [0.4, 0.5) is 10.1 Å². The maximum absolute atomic E-state index is 13.1. The monoisotopic (exact) mass is 220 g/mol. The number of hydrogen-bond donors (Lipinski definition) is 1. The fraction of sp³-hybridized carbons (Fsp3) is 0.182. The number of hydrogen-bond acceptors (Lipinski definition) is 4. The molecule has 0 atom stereocenters. The molecule has 1 aliphatic rings. The molecule has 0 aromatic heterocycles. The van der Waals surface area contributed by atoms with Gasteiger partial charge in [0, 0.05) is 12.8 Å². The number of aliphatic hydroxyl groups excluding tert-OH is 1. The summed E-state index contributed by atoms with van der Waals surface area (Å²) in [5.74, 6) is -0.862. The van der Waals surface area contributed by atoms with Crippen molar-refractivity contribution < 1.29 is 14.3 Å². The zero-order chi connectivity index (χ0) is 11.5. The quantitative estimate of drug-likeness (QED) is 0.778. The zero-order valence-electron chi connectivity index (χ0n) is 8.35. The molecule has 4 nitrogen and oxygen atoms in total. The molecule has 1 aromatic carbocycles. The smallest absolute Gasteiger partial charge is 0.186 e. The summed E-state index contributed by atoms with van der Waals surface area (Å²) in [6, 6.07) is 5.84. The first-order valence-electron chi connectivity index (χ1n) is 4.80. The summed E-state index contributed by atoms with van der Waals surface area (Å²) in [7, 11) is 0. The highest BCUT2D eigenvalue weighted by atomic mass is 19.1. The lowest BCUT2D eigenvalue weighted by molar-refractivity contribution is -0.115. The lowest BCUT2D eigenvalue weighted by Gasteiger charge is -1.94. The van der Waals surface area contributed by atoms with Crippen LogP contribution in [0.2, 0.25) is 0 Å². The molecule has 0 amide bonds. The number of carbonyl (C=O) groups is 1.